The summed E-state index contributed by atoms with van der Waals surface area (Å²) in [5.74, 6) is -1.11. The van der Waals surface area contributed by atoms with Crippen molar-refractivity contribution in [2.75, 3.05) is 6.54 Å². The van der Waals surface area contributed by atoms with Gasteiger partial charge < -0.3 is 5.11 Å². The Labute approximate surface area is 119 Å². The van der Waals surface area contributed by atoms with E-state index in [1.807, 2.05) is 6.92 Å². The Morgan fingerprint density at radius 2 is 2.05 bits per heavy atom. The lowest BCUT2D eigenvalue weighted by Gasteiger charge is -2.32. The summed E-state index contributed by atoms with van der Waals surface area (Å²) >= 11 is 0. The number of piperidine rings is 1. The molecule has 2 rings (SSSR count). The highest BCUT2D eigenvalue weighted by Crippen LogP contribution is 2.26. The highest BCUT2D eigenvalue weighted by atomic mass is 32.2. The maximum atomic E-state index is 12.6. The second-order valence-corrected chi connectivity index (χ2v) is 7.13. The van der Waals surface area contributed by atoms with E-state index in [1.54, 1.807) is 13.0 Å². The molecule has 0 amide bonds. The average Bonchev–Trinajstić information content (AvgIpc) is 2.38. The van der Waals surface area contributed by atoms with Gasteiger partial charge in [-0.3, -0.25) is 0 Å². The van der Waals surface area contributed by atoms with Crippen molar-refractivity contribution in [3.8, 4) is 0 Å². The van der Waals surface area contributed by atoms with Crippen molar-refractivity contribution in [3.05, 3.63) is 29.3 Å². The van der Waals surface area contributed by atoms with E-state index in [1.165, 1.54) is 16.4 Å². The maximum absolute atomic E-state index is 12.6. The first-order valence-corrected chi connectivity index (χ1v) is 8.14. The second kappa shape index (κ2) is 5.54. The number of sulfonamides is 1. The predicted molar refractivity (Wildman–Crippen MR) is 75.3 cm³/mol. The van der Waals surface area contributed by atoms with Crippen molar-refractivity contribution in [1.29, 1.82) is 0 Å². The van der Waals surface area contributed by atoms with Crippen molar-refractivity contribution >= 4 is 16.0 Å². The molecule has 0 bridgehead atoms. The van der Waals surface area contributed by atoms with E-state index in [2.05, 4.69) is 0 Å². The summed E-state index contributed by atoms with van der Waals surface area (Å²) in [6.45, 7) is 4.05. The van der Waals surface area contributed by atoms with Crippen molar-refractivity contribution in [2.45, 2.75) is 44.0 Å². The molecule has 0 saturated carbocycles. The van der Waals surface area contributed by atoms with Crippen LogP contribution in [0, 0.1) is 6.92 Å². The van der Waals surface area contributed by atoms with Gasteiger partial charge in [-0.2, -0.15) is 4.31 Å². The molecule has 1 aliphatic heterocycles. The molecule has 1 atom stereocenters. The molecular weight excluding hydrogens is 278 g/mol. The number of hydrogen-bond donors (Lipinski definition) is 1. The van der Waals surface area contributed by atoms with E-state index in [-0.39, 0.29) is 16.5 Å². The van der Waals surface area contributed by atoms with E-state index in [9.17, 15) is 13.2 Å². The van der Waals surface area contributed by atoms with Gasteiger partial charge in [0.1, 0.15) is 0 Å². The first kappa shape index (κ1) is 15.0. The van der Waals surface area contributed by atoms with Crippen LogP contribution in [-0.2, 0) is 10.0 Å². The quantitative estimate of drug-likeness (QED) is 0.928. The topological polar surface area (TPSA) is 74.7 Å². The van der Waals surface area contributed by atoms with Gasteiger partial charge in [-0.05, 0) is 44.4 Å². The minimum absolute atomic E-state index is 0.0377. The lowest BCUT2D eigenvalue weighted by atomic mass is 10.1. The summed E-state index contributed by atoms with van der Waals surface area (Å²) in [5, 5.41) is 9.11. The molecule has 1 aromatic carbocycles. The lowest BCUT2D eigenvalue weighted by Crippen LogP contribution is -2.41. The third-order valence-electron chi connectivity index (χ3n) is 3.79. The number of aryl methyl sites for hydroxylation is 1. The van der Waals surface area contributed by atoms with E-state index < -0.39 is 16.0 Å². The van der Waals surface area contributed by atoms with Gasteiger partial charge in [0.15, 0.2) is 0 Å². The Kier molecular flexibility index (Phi) is 4.15. The molecule has 0 aliphatic carbocycles. The lowest BCUT2D eigenvalue weighted by molar-refractivity contribution is 0.0696. The highest BCUT2D eigenvalue weighted by Gasteiger charge is 2.31. The number of carboxylic acids is 1. The normalized spacial score (nSPS) is 20.8. The molecule has 110 valence electrons. The monoisotopic (exact) mass is 297 g/mol. The minimum atomic E-state index is -3.61. The second-order valence-electron chi connectivity index (χ2n) is 5.24. The molecule has 6 heteroatoms. The van der Waals surface area contributed by atoms with E-state index in [0.717, 1.165) is 19.3 Å². The predicted octanol–water partition coefficient (Wildman–Crippen LogP) is 2.26. The molecule has 1 fully saturated rings. The maximum Gasteiger partial charge on any atom is 0.335 e. The van der Waals surface area contributed by atoms with Gasteiger partial charge in [0.2, 0.25) is 10.0 Å². The van der Waals surface area contributed by atoms with Crippen LogP contribution in [-0.4, -0.2) is 36.4 Å². The van der Waals surface area contributed by atoms with Gasteiger partial charge >= 0.3 is 5.97 Å². The van der Waals surface area contributed by atoms with Crippen LogP contribution < -0.4 is 0 Å². The van der Waals surface area contributed by atoms with Crippen LogP contribution >= 0.6 is 0 Å². The number of carboxylic acid groups (broad SMARTS) is 1. The number of nitrogens with zero attached hydrogens (tertiary/aromatic N) is 1. The molecule has 0 aromatic heterocycles. The largest absolute Gasteiger partial charge is 0.478 e. The summed E-state index contributed by atoms with van der Waals surface area (Å²) < 4.78 is 26.7. The molecule has 1 N–H and O–H groups in total. The average molecular weight is 297 g/mol. The molecule has 1 aliphatic rings. The fourth-order valence-electron chi connectivity index (χ4n) is 2.56. The Morgan fingerprint density at radius 3 is 2.65 bits per heavy atom. The van der Waals surface area contributed by atoms with Crippen LogP contribution in [0.4, 0.5) is 0 Å². The van der Waals surface area contributed by atoms with Crippen LogP contribution in [0.2, 0.25) is 0 Å². The summed E-state index contributed by atoms with van der Waals surface area (Å²) in [6, 6.07) is 4.25. The van der Waals surface area contributed by atoms with Crippen molar-refractivity contribution in [2.24, 2.45) is 0 Å². The molecule has 20 heavy (non-hydrogen) atoms. The number of hydrogen-bond acceptors (Lipinski definition) is 3. The van der Waals surface area contributed by atoms with E-state index in [0.29, 0.717) is 12.1 Å². The molecular formula is C14H19NO4S. The highest BCUT2D eigenvalue weighted by molar-refractivity contribution is 7.89. The first-order chi connectivity index (χ1) is 9.34. The summed E-state index contributed by atoms with van der Waals surface area (Å²) in [7, 11) is -3.61. The zero-order valence-electron chi connectivity index (χ0n) is 11.7. The Bertz CT molecular complexity index is 624. The van der Waals surface area contributed by atoms with Crippen molar-refractivity contribution in [3.63, 3.8) is 0 Å². The van der Waals surface area contributed by atoms with Crippen LogP contribution in [0.15, 0.2) is 23.1 Å². The summed E-state index contributed by atoms with van der Waals surface area (Å²) in [4.78, 5) is 11.2. The number of carbonyl (C=O) groups is 1. The molecule has 0 spiro atoms. The van der Waals surface area contributed by atoms with Gasteiger partial charge in [0, 0.05) is 12.6 Å². The van der Waals surface area contributed by atoms with Gasteiger partial charge in [-0.15, -0.1) is 0 Å². The Morgan fingerprint density at radius 1 is 1.35 bits per heavy atom. The zero-order valence-corrected chi connectivity index (χ0v) is 12.5. The zero-order chi connectivity index (χ0) is 14.9. The van der Waals surface area contributed by atoms with E-state index >= 15 is 0 Å². The van der Waals surface area contributed by atoms with Crippen molar-refractivity contribution in [1.82, 2.24) is 4.31 Å². The van der Waals surface area contributed by atoms with E-state index in [4.69, 9.17) is 5.11 Å². The first-order valence-electron chi connectivity index (χ1n) is 6.70. The molecule has 1 heterocycles. The van der Waals surface area contributed by atoms with Gasteiger partial charge in [-0.25, -0.2) is 13.2 Å². The number of rotatable bonds is 3. The van der Waals surface area contributed by atoms with Crippen LogP contribution in [0.1, 0.15) is 42.1 Å². The molecule has 5 nitrogen and oxygen atoms in total. The van der Waals surface area contributed by atoms with Crippen LogP contribution in [0.5, 0.6) is 0 Å². The minimum Gasteiger partial charge on any atom is -0.478 e. The van der Waals surface area contributed by atoms with Crippen LogP contribution in [0.25, 0.3) is 0 Å². The van der Waals surface area contributed by atoms with Gasteiger partial charge in [0.25, 0.3) is 0 Å². The number of aromatic carboxylic acids is 1. The standard InChI is InChI=1S/C14H19NO4S/c1-10-6-7-12(9-13(10)14(16)17)20(18,19)15-8-4-3-5-11(15)2/h6-7,9,11H,3-5,8H2,1-2H3,(H,16,17)/t11-/m1/s1. The summed E-state index contributed by atoms with van der Waals surface area (Å²) in [6.07, 6.45) is 2.72. The third-order valence-corrected chi connectivity index (χ3v) is 5.80. The summed E-state index contributed by atoms with van der Waals surface area (Å²) in [5.41, 5.74) is 0.596. The third kappa shape index (κ3) is 2.71. The smallest absolute Gasteiger partial charge is 0.335 e. The molecule has 1 saturated heterocycles. The molecule has 0 radical (unpaired) electrons. The van der Waals surface area contributed by atoms with Crippen LogP contribution in [0.3, 0.4) is 0 Å². The molecule has 0 unspecified atom stereocenters. The van der Waals surface area contributed by atoms with Gasteiger partial charge in [0.05, 0.1) is 10.5 Å². The number of benzene rings is 1. The fourth-order valence-corrected chi connectivity index (χ4v) is 4.28. The van der Waals surface area contributed by atoms with Crippen molar-refractivity contribution < 1.29 is 18.3 Å². The Balaban J connectivity index is 2.44. The van der Waals surface area contributed by atoms with Gasteiger partial charge in [-0.1, -0.05) is 12.5 Å². The SMILES string of the molecule is Cc1ccc(S(=O)(=O)N2CCCC[C@H]2C)cc1C(=O)O. The fraction of sp³-hybridized carbons (Fsp3) is 0.500. The molecule has 1 aromatic rings. The Hall–Kier alpha value is -1.40.